The average Bonchev–Trinajstić information content (AvgIpc) is 2.92. The lowest BCUT2D eigenvalue weighted by molar-refractivity contribution is -0.139. The van der Waals surface area contributed by atoms with Crippen LogP contribution < -0.4 is 9.62 Å². The van der Waals surface area contributed by atoms with Gasteiger partial charge in [0.1, 0.15) is 12.6 Å². The van der Waals surface area contributed by atoms with E-state index >= 15 is 0 Å². The van der Waals surface area contributed by atoms with Crippen molar-refractivity contribution in [2.45, 2.75) is 44.2 Å². The average molecular weight is 611 g/mol. The molecular formula is C28H30Cl3N3O4S. The Bertz CT molecular complexity index is 1380. The lowest BCUT2D eigenvalue weighted by atomic mass is 10.1. The van der Waals surface area contributed by atoms with Gasteiger partial charge < -0.3 is 10.2 Å². The highest BCUT2D eigenvalue weighted by Gasteiger charge is 2.33. The first-order valence-corrected chi connectivity index (χ1v) is 15.0. The molecule has 39 heavy (non-hydrogen) atoms. The van der Waals surface area contributed by atoms with Crippen LogP contribution in [0.1, 0.15) is 32.3 Å². The van der Waals surface area contributed by atoms with Gasteiger partial charge in [-0.25, -0.2) is 8.42 Å². The van der Waals surface area contributed by atoms with Gasteiger partial charge in [0.25, 0.3) is 10.0 Å². The molecular weight excluding hydrogens is 581 g/mol. The lowest BCUT2D eigenvalue weighted by Gasteiger charge is -2.32. The molecule has 0 spiro atoms. The molecule has 0 fully saturated rings. The highest BCUT2D eigenvalue weighted by Crippen LogP contribution is 2.31. The second-order valence-electron chi connectivity index (χ2n) is 8.82. The van der Waals surface area contributed by atoms with Crippen LogP contribution in [0.15, 0.2) is 77.7 Å². The minimum Gasteiger partial charge on any atom is -0.354 e. The number of carbonyl (C=O) groups is 2. The van der Waals surface area contributed by atoms with Crippen molar-refractivity contribution in [3.05, 3.63) is 93.4 Å². The van der Waals surface area contributed by atoms with Crippen molar-refractivity contribution in [1.29, 1.82) is 0 Å². The molecule has 7 nitrogen and oxygen atoms in total. The summed E-state index contributed by atoms with van der Waals surface area (Å²) in [4.78, 5) is 28.2. The first kappa shape index (κ1) is 30.8. The van der Waals surface area contributed by atoms with Crippen molar-refractivity contribution < 1.29 is 18.0 Å². The molecule has 2 amide bonds. The predicted molar refractivity (Wildman–Crippen MR) is 157 cm³/mol. The normalized spacial score (nSPS) is 12.0. The van der Waals surface area contributed by atoms with Crippen LogP contribution in [0.4, 0.5) is 5.69 Å². The maximum Gasteiger partial charge on any atom is 0.264 e. The molecule has 3 rings (SSSR count). The summed E-state index contributed by atoms with van der Waals surface area (Å²) in [6.45, 7) is 3.30. The first-order chi connectivity index (χ1) is 18.6. The molecule has 0 saturated carbocycles. The fourth-order valence-corrected chi connectivity index (χ4v) is 6.12. The van der Waals surface area contributed by atoms with Crippen molar-refractivity contribution in [2.24, 2.45) is 0 Å². The van der Waals surface area contributed by atoms with E-state index in [1.165, 1.54) is 23.1 Å². The Morgan fingerprint density at radius 3 is 2.08 bits per heavy atom. The van der Waals surface area contributed by atoms with Crippen molar-refractivity contribution >= 4 is 62.3 Å². The van der Waals surface area contributed by atoms with Crippen molar-refractivity contribution in [3.63, 3.8) is 0 Å². The van der Waals surface area contributed by atoms with Gasteiger partial charge in [-0.05, 0) is 49.7 Å². The summed E-state index contributed by atoms with van der Waals surface area (Å²) in [6, 6.07) is 18.1. The number of nitrogens with zero attached hydrogens (tertiary/aromatic N) is 2. The smallest absolute Gasteiger partial charge is 0.264 e. The zero-order valence-electron chi connectivity index (χ0n) is 21.6. The molecule has 3 aromatic rings. The van der Waals surface area contributed by atoms with Crippen molar-refractivity contribution in [1.82, 2.24) is 10.2 Å². The Labute approximate surface area is 244 Å². The first-order valence-electron chi connectivity index (χ1n) is 12.4. The maximum atomic E-state index is 13.9. The number of para-hydroxylation sites is 1. The van der Waals surface area contributed by atoms with E-state index in [0.29, 0.717) is 22.2 Å². The van der Waals surface area contributed by atoms with Crippen LogP contribution in [0.2, 0.25) is 15.1 Å². The van der Waals surface area contributed by atoms with Gasteiger partial charge in [-0.3, -0.25) is 13.9 Å². The maximum absolute atomic E-state index is 13.9. The molecule has 0 saturated heterocycles. The molecule has 0 radical (unpaired) electrons. The number of rotatable bonds is 12. The molecule has 0 aliphatic heterocycles. The molecule has 1 atom stereocenters. The van der Waals surface area contributed by atoms with E-state index in [-0.39, 0.29) is 28.1 Å². The number of carbonyl (C=O) groups excluding carboxylic acids is 2. The van der Waals surface area contributed by atoms with Crippen LogP contribution in [-0.4, -0.2) is 44.3 Å². The number of unbranched alkanes of at least 4 members (excludes halogenated alkanes) is 1. The van der Waals surface area contributed by atoms with Gasteiger partial charge in [-0.1, -0.05) is 84.5 Å². The second-order valence-corrected chi connectivity index (χ2v) is 11.9. The van der Waals surface area contributed by atoms with Gasteiger partial charge in [-0.2, -0.15) is 0 Å². The zero-order valence-corrected chi connectivity index (χ0v) is 24.7. The Kier molecular flexibility index (Phi) is 11.1. The number of halogens is 3. The molecule has 11 heteroatoms. The number of benzene rings is 3. The van der Waals surface area contributed by atoms with E-state index in [1.54, 1.807) is 61.5 Å². The quantitative estimate of drug-likeness (QED) is 0.248. The number of anilines is 1. The number of amides is 2. The number of nitrogens with one attached hydrogen (secondary N) is 1. The van der Waals surface area contributed by atoms with E-state index in [9.17, 15) is 18.0 Å². The summed E-state index contributed by atoms with van der Waals surface area (Å²) in [6.07, 6.45) is 1.66. The van der Waals surface area contributed by atoms with Gasteiger partial charge >= 0.3 is 0 Å². The van der Waals surface area contributed by atoms with Crippen LogP contribution in [-0.2, 0) is 26.2 Å². The fourth-order valence-electron chi connectivity index (χ4n) is 3.86. The van der Waals surface area contributed by atoms with Gasteiger partial charge in [0.15, 0.2) is 0 Å². The summed E-state index contributed by atoms with van der Waals surface area (Å²) >= 11 is 19.2. The third-order valence-corrected chi connectivity index (χ3v) is 8.92. The van der Waals surface area contributed by atoms with Crippen LogP contribution >= 0.6 is 34.8 Å². The van der Waals surface area contributed by atoms with E-state index in [0.717, 1.165) is 17.1 Å². The summed E-state index contributed by atoms with van der Waals surface area (Å²) in [5.74, 6) is -1.02. The molecule has 0 aliphatic rings. The zero-order chi connectivity index (χ0) is 28.6. The largest absolute Gasteiger partial charge is 0.354 e. The molecule has 3 aromatic carbocycles. The molecule has 1 N–H and O–H groups in total. The Morgan fingerprint density at radius 1 is 0.872 bits per heavy atom. The molecule has 0 bridgehead atoms. The van der Waals surface area contributed by atoms with Gasteiger partial charge in [0, 0.05) is 28.7 Å². The van der Waals surface area contributed by atoms with Gasteiger partial charge in [0.2, 0.25) is 11.8 Å². The minimum absolute atomic E-state index is 0.0104. The van der Waals surface area contributed by atoms with Crippen molar-refractivity contribution in [2.75, 3.05) is 17.4 Å². The second kappa shape index (κ2) is 14.0. The van der Waals surface area contributed by atoms with E-state index < -0.39 is 28.5 Å². The topological polar surface area (TPSA) is 86.8 Å². The summed E-state index contributed by atoms with van der Waals surface area (Å²) in [5.41, 5.74) is 0.574. The molecule has 208 valence electrons. The molecule has 0 heterocycles. The Hall–Kier alpha value is -2.78. The van der Waals surface area contributed by atoms with Crippen LogP contribution in [0.5, 0.6) is 0 Å². The third-order valence-electron chi connectivity index (χ3n) is 6.12. The Morgan fingerprint density at radius 2 is 1.46 bits per heavy atom. The monoisotopic (exact) mass is 609 g/mol. The van der Waals surface area contributed by atoms with Gasteiger partial charge in [-0.15, -0.1) is 0 Å². The number of hydrogen-bond acceptors (Lipinski definition) is 4. The van der Waals surface area contributed by atoms with E-state index in [2.05, 4.69) is 5.32 Å². The lowest BCUT2D eigenvalue weighted by Crippen LogP contribution is -2.51. The van der Waals surface area contributed by atoms with Crippen LogP contribution in [0.3, 0.4) is 0 Å². The third kappa shape index (κ3) is 7.66. The minimum atomic E-state index is -4.21. The number of hydrogen-bond donors (Lipinski definition) is 1. The summed E-state index contributed by atoms with van der Waals surface area (Å²) < 4.78 is 28.5. The Balaban J connectivity index is 2.04. The van der Waals surface area contributed by atoms with E-state index in [1.807, 2.05) is 6.92 Å². The molecule has 0 aliphatic carbocycles. The number of sulfonamides is 1. The van der Waals surface area contributed by atoms with Crippen molar-refractivity contribution in [3.8, 4) is 0 Å². The highest BCUT2D eigenvalue weighted by atomic mass is 35.5. The predicted octanol–water partition coefficient (Wildman–Crippen LogP) is 6.18. The summed E-state index contributed by atoms with van der Waals surface area (Å²) in [5, 5.41) is 3.62. The fraction of sp³-hybridized carbons (Fsp3) is 0.286. The molecule has 0 aromatic heterocycles. The van der Waals surface area contributed by atoms with E-state index in [4.69, 9.17) is 34.8 Å². The molecule has 1 unspecified atom stereocenters. The SMILES string of the molecule is CCCCNC(=O)C(C)N(Cc1c(Cl)cccc1Cl)C(=O)CN(c1ccccc1Cl)S(=O)(=O)c1ccccc1. The van der Waals surface area contributed by atoms with Crippen LogP contribution in [0.25, 0.3) is 0 Å². The standard InChI is InChI=1S/C28H30Cl3N3O4S/c1-3-4-17-32-28(36)20(2)33(18-22-23(29)14-10-15-24(22)30)27(35)19-34(26-16-9-8-13-25(26)31)39(37,38)21-11-6-5-7-12-21/h5-16,20H,3-4,17-19H2,1-2H3,(H,32,36). The van der Waals surface area contributed by atoms with Crippen LogP contribution in [0, 0.1) is 0 Å². The summed E-state index contributed by atoms with van der Waals surface area (Å²) in [7, 11) is -4.21. The van der Waals surface area contributed by atoms with Gasteiger partial charge in [0.05, 0.1) is 15.6 Å². The highest BCUT2D eigenvalue weighted by molar-refractivity contribution is 7.92.